The second-order valence-corrected chi connectivity index (χ2v) is 4.83. The monoisotopic (exact) mass is 197 g/mol. The van der Waals surface area contributed by atoms with Gasteiger partial charge in [0.25, 0.3) is 0 Å². The van der Waals surface area contributed by atoms with Crippen LogP contribution in [0, 0.1) is 6.07 Å². The average molecular weight is 197 g/mol. The summed E-state index contributed by atoms with van der Waals surface area (Å²) < 4.78 is 27.5. The van der Waals surface area contributed by atoms with E-state index in [-0.39, 0.29) is 5.25 Å². The van der Waals surface area contributed by atoms with Crippen molar-refractivity contribution >= 4 is 10.1 Å². The van der Waals surface area contributed by atoms with Gasteiger partial charge in [0.2, 0.25) is 0 Å². The first-order valence-electron chi connectivity index (χ1n) is 4.08. The second-order valence-electron chi connectivity index (χ2n) is 3.01. The molecule has 0 spiro atoms. The van der Waals surface area contributed by atoms with Crippen molar-refractivity contribution in [2.24, 2.45) is 0 Å². The third kappa shape index (κ3) is 2.01. The summed E-state index contributed by atoms with van der Waals surface area (Å²) in [5.74, 6) is 0.342. The van der Waals surface area contributed by atoms with Crippen molar-refractivity contribution in [2.75, 3.05) is 0 Å². The lowest BCUT2D eigenvalue weighted by atomic mass is 10.3. The summed E-state index contributed by atoms with van der Waals surface area (Å²) >= 11 is 0. The molecule has 0 unspecified atom stereocenters. The van der Waals surface area contributed by atoms with Crippen LogP contribution in [0.2, 0.25) is 0 Å². The molecule has 0 saturated heterocycles. The van der Waals surface area contributed by atoms with Crippen LogP contribution in [-0.4, -0.2) is 13.7 Å². The van der Waals surface area contributed by atoms with Crippen LogP contribution >= 0.6 is 0 Å². The van der Waals surface area contributed by atoms with E-state index >= 15 is 0 Å². The standard InChI is InChI=1S/C9H9O3S/c10-13(11,9-6-7-9)12-8-4-2-1-3-5-8/h1-2,4-5,9H,6-7H2. The second kappa shape index (κ2) is 3.03. The third-order valence-corrected chi connectivity index (χ3v) is 3.54. The van der Waals surface area contributed by atoms with Crippen molar-refractivity contribution < 1.29 is 12.6 Å². The van der Waals surface area contributed by atoms with E-state index in [0.717, 1.165) is 12.8 Å². The molecule has 69 valence electrons. The highest BCUT2D eigenvalue weighted by Gasteiger charge is 2.37. The molecular formula is C9H9O3S. The smallest absolute Gasteiger partial charge is 0.312 e. The Kier molecular flexibility index (Phi) is 2.00. The Labute approximate surface area is 77.5 Å². The van der Waals surface area contributed by atoms with Crippen LogP contribution in [0.5, 0.6) is 5.75 Å². The molecule has 1 aliphatic rings. The molecular weight excluding hydrogens is 188 g/mol. The first-order chi connectivity index (χ1) is 6.18. The molecule has 0 aromatic heterocycles. The fourth-order valence-electron chi connectivity index (χ4n) is 0.988. The Morgan fingerprint density at radius 2 is 2.23 bits per heavy atom. The van der Waals surface area contributed by atoms with Gasteiger partial charge in [-0.15, -0.1) is 0 Å². The van der Waals surface area contributed by atoms with E-state index in [2.05, 4.69) is 6.07 Å². The highest BCUT2D eigenvalue weighted by molar-refractivity contribution is 7.88. The van der Waals surface area contributed by atoms with Gasteiger partial charge >= 0.3 is 10.1 Å². The van der Waals surface area contributed by atoms with Gasteiger partial charge < -0.3 is 4.18 Å². The Bertz CT molecular complexity index is 379. The van der Waals surface area contributed by atoms with Crippen molar-refractivity contribution in [3.8, 4) is 5.75 Å². The van der Waals surface area contributed by atoms with E-state index in [0.29, 0.717) is 5.75 Å². The van der Waals surface area contributed by atoms with Gasteiger partial charge in [0.05, 0.1) is 5.25 Å². The zero-order valence-electron chi connectivity index (χ0n) is 6.93. The molecule has 0 aliphatic heterocycles. The Morgan fingerprint density at radius 3 is 2.77 bits per heavy atom. The Morgan fingerprint density at radius 1 is 1.46 bits per heavy atom. The number of benzene rings is 1. The Hall–Kier alpha value is -1.03. The Balaban J connectivity index is 2.14. The summed E-state index contributed by atoms with van der Waals surface area (Å²) in [6, 6.07) is 9.26. The highest BCUT2D eigenvalue weighted by Crippen LogP contribution is 2.30. The van der Waals surface area contributed by atoms with E-state index in [1.165, 1.54) is 6.07 Å². The summed E-state index contributed by atoms with van der Waals surface area (Å²) in [6.45, 7) is 0. The van der Waals surface area contributed by atoms with E-state index in [4.69, 9.17) is 4.18 Å². The summed E-state index contributed by atoms with van der Waals surface area (Å²) in [7, 11) is -3.36. The van der Waals surface area contributed by atoms with Crippen molar-refractivity contribution in [3.63, 3.8) is 0 Å². The van der Waals surface area contributed by atoms with Gasteiger partial charge in [-0.2, -0.15) is 8.42 Å². The summed E-state index contributed by atoms with van der Waals surface area (Å²) in [6.07, 6.45) is 1.44. The molecule has 0 amide bonds. The van der Waals surface area contributed by atoms with Crippen molar-refractivity contribution in [1.82, 2.24) is 0 Å². The van der Waals surface area contributed by atoms with Gasteiger partial charge in [0.15, 0.2) is 0 Å². The number of rotatable bonds is 3. The van der Waals surface area contributed by atoms with Crippen molar-refractivity contribution in [3.05, 3.63) is 30.3 Å². The van der Waals surface area contributed by atoms with Gasteiger partial charge in [-0.05, 0) is 31.0 Å². The SMILES string of the molecule is O=S(=O)(Oc1c[c]ccc1)C1CC1. The van der Waals surface area contributed by atoms with E-state index in [1.807, 2.05) is 0 Å². The van der Waals surface area contributed by atoms with E-state index in [1.54, 1.807) is 18.2 Å². The molecule has 13 heavy (non-hydrogen) atoms. The molecule has 0 heterocycles. The van der Waals surface area contributed by atoms with Crippen LogP contribution in [0.25, 0.3) is 0 Å². The molecule has 0 bridgehead atoms. The lowest BCUT2D eigenvalue weighted by molar-refractivity contribution is 0.484. The molecule has 1 radical (unpaired) electrons. The predicted molar refractivity (Wildman–Crippen MR) is 47.8 cm³/mol. The molecule has 3 nitrogen and oxygen atoms in total. The maximum absolute atomic E-state index is 11.3. The van der Waals surface area contributed by atoms with Crippen LogP contribution in [0.15, 0.2) is 24.3 Å². The van der Waals surface area contributed by atoms with E-state index < -0.39 is 10.1 Å². The van der Waals surface area contributed by atoms with Gasteiger partial charge in [-0.1, -0.05) is 12.1 Å². The van der Waals surface area contributed by atoms with Crippen LogP contribution in [0.3, 0.4) is 0 Å². The fourth-order valence-corrected chi connectivity index (χ4v) is 2.21. The average Bonchev–Trinajstić information content (AvgIpc) is 2.87. The van der Waals surface area contributed by atoms with Gasteiger partial charge in [0.1, 0.15) is 5.75 Å². The van der Waals surface area contributed by atoms with Crippen LogP contribution in [0.1, 0.15) is 12.8 Å². The summed E-state index contributed by atoms with van der Waals surface area (Å²) in [4.78, 5) is 0. The molecule has 1 aromatic carbocycles. The lowest BCUT2D eigenvalue weighted by Crippen LogP contribution is -2.14. The predicted octanol–water partition coefficient (Wildman–Crippen LogP) is 1.36. The van der Waals surface area contributed by atoms with E-state index in [9.17, 15) is 8.42 Å². The van der Waals surface area contributed by atoms with Gasteiger partial charge in [-0.25, -0.2) is 0 Å². The minimum absolute atomic E-state index is 0.285. The normalized spacial score (nSPS) is 16.9. The third-order valence-electron chi connectivity index (χ3n) is 1.82. The molecule has 1 aliphatic carbocycles. The number of hydrogen-bond donors (Lipinski definition) is 0. The van der Waals surface area contributed by atoms with Gasteiger partial charge in [-0.3, -0.25) is 0 Å². The molecule has 2 rings (SSSR count). The molecule has 0 N–H and O–H groups in total. The fraction of sp³-hybridized carbons (Fsp3) is 0.333. The maximum Gasteiger partial charge on any atom is 0.312 e. The highest BCUT2D eigenvalue weighted by atomic mass is 32.2. The van der Waals surface area contributed by atoms with Gasteiger partial charge in [0, 0.05) is 0 Å². The lowest BCUT2D eigenvalue weighted by Gasteiger charge is -2.04. The molecule has 1 fully saturated rings. The minimum Gasteiger partial charge on any atom is -0.382 e. The quantitative estimate of drug-likeness (QED) is 0.687. The first kappa shape index (κ1) is 8.56. The van der Waals surface area contributed by atoms with Crippen LogP contribution in [-0.2, 0) is 10.1 Å². The molecule has 1 saturated carbocycles. The first-order valence-corrected chi connectivity index (χ1v) is 5.55. The summed E-state index contributed by atoms with van der Waals surface area (Å²) in [5, 5.41) is -0.285. The van der Waals surface area contributed by atoms with Crippen molar-refractivity contribution in [2.45, 2.75) is 18.1 Å². The summed E-state index contributed by atoms with van der Waals surface area (Å²) in [5.41, 5.74) is 0. The maximum atomic E-state index is 11.3. The zero-order valence-corrected chi connectivity index (χ0v) is 7.75. The van der Waals surface area contributed by atoms with Crippen LogP contribution in [0.4, 0.5) is 0 Å². The largest absolute Gasteiger partial charge is 0.382 e. The number of hydrogen-bond acceptors (Lipinski definition) is 3. The zero-order chi connectivity index (χ0) is 9.31. The molecule has 4 heteroatoms. The topological polar surface area (TPSA) is 43.4 Å². The molecule has 1 aromatic rings. The molecule has 0 atom stereocenters. The van der Waals surface area contributed by atoms with Crippen molar-refractivity contribution in [1.29, 1.82) is 0 Å². The van der Waals surface area contributed by atoms with Crippen LogP contribution < -0.4 is 4.18 Å². The minimum atomic E-state index is -3.36.